The third-order valence-corrected chi connectivity index (χ3v) is 3.98. The van der Waals surface area contributed by atoms with Gasteiger partial charge in [-0.3, -0.25) is 4.79 Å². The first kappa shape index (κ1) is 18.5. The molecule has 0 unspecified atom stereocenters. The zero-order valence-electron chi connectivity index (χ0n) is 14.4. The van der Waals surface area contributed by atoms with Crippen LogP contribution in [0, 0.1) is 0 Å². The first-order valence-electron chi connectivity index (χ1n) is 8.26. The van der Waals surface area contributed by atoms with Crippen LogP contribution in [0.4, 0.5) is 5.69 Å². The number of hydrazone groups is 1. The second-order valence-corrected chi connectivity index (χ2v) is 6.25. The fourth-order valence-corrected chi connectivity index (χ4v) is 2.42. The fraction of sp³-hybridized carbons (Fsp3) is 0.0476. The van der Waals surface area contributed by atoms with Crippen LogP contribution in [0.5, 0.6) is 5.75 Å². The molecule has 3 N–H and O–H groups in total. The summed E-state index contributed by atoms with van der Waals surface area (Å²) in [5.74, 6) is 0.403. The number of nitrogens with zero attached hydrogens (tertiary/aromatic N) is 1. The summed E-state index contributed by atoms with van der Waals surface area (Å²) in [6.45, 7) is 0.436. The highest BCUT2D eigenvalue weighted by Crippen LogP contribution is 2.16. The first-order valence-corrected chi connectivity index (χ1v) is 8.64. The Morgan fingerprint density at radius 3 is 2.56 bits per heavy atom. The maximum Gasteiger partial charge on any atom is 0.271 e. The van der Waals surface area contributed by atoms with Gasteiger partial charge in [-0.05, 0) is 59.7 Å². The lowest BCUT2D eigenvalue weighted by Crippen LogP contribution is -2.17. The minimum absolute atomic E-state index is 0.304. The topological polar surface area (TPSA) is 76.7 Å². The Morgan fingerprint density at radius 2 is 1.81 bits per heavy atom. The minimum atomic E-state index is -0.304. The molecule has 0 aliphatic carbocycles. The Balaban J connectivity index is 1.56. The van der Waals surface area contributed by atoms with Crippen LogP contribution in [0.3, 0.4) is 0 Å². The molecule has 3 aromatic carbocycles. The number of rotatable bonds is 6. The van der Waals surface area contributed by atoms with E-state index >= 15 is 0 Å². The van der Waals surface area contributed by atoms with Gasteiger partial charge in [0.05, 0.1) is 6.21 Å². The number of benzene rings is 3. The summed E-state index contributed by atoms with van der Waals surface area (Å²) in [5.41, 5.74) is 11.0. The molecule has 0 aliphatic heterocycles. The van der Waals surface area contributed by atoms with Crippen LogP contribution in [0.2, 0.25) is 5.02 Å². The van der Waals surface area contributed by atoms with Crippen molar-refractivity contribution in [2.45, 2.75) is 6.61 Å². The van der Waals surface area contributed by atoms with Gasteiger partial charge >= 0.3 is 0 Å². The molecule has 0 fully saturated rings. The Kier molecular flexibility index (Phi) is 6.07. The van der Waals surface area contributed by atoms with Crippen molar-refractivity contribution in [3.05, 3.63) is 94.5 Å². The predicted molar refractivity (Wildman–Crippen MR) is 108 cm³/mol. The molecule has 0 aliphatic rings. The van der Waals surface area contributed by atoms with Gasteiger partial charge in [-0.2, -0.15) is 5.10 Å². The van der Waals surface area contributed by atoms with Gasteiger partial charge < -0.3 is 10.5 Å². The van der Waals surface area contributed by atoms with Gasteiger partial charge in [0.15, 0.2) is 0 Å². The molecule has 27 heavy (non-hydrogen) atoms. The van der Waals surface area contributed by atoms with Gasteiger partial charge in [0.1, 0.15) is 12.4 Å². The Labute approximate surface area is 162 Å². The number of halogens is 1. The molecular formula is C21H18ClN3O2. The number of hydrogen-bond acceptors (Lipinski definition) is 4. The van der Waals surface area contributed by atoms with Gasteiger partial charge in [-0.1, -0.05) is 35.9 Å². The van der Waals surface area contributed by atoms with Gasteiger partial charge in [-0.25, -0.2) is 5.43 Å². The van der Waals surface area contributed by atoms with E-state index in [1.807, 2.05) is 48.5 Å². The van der Waals surface area contributed by atoms with Crippen LogP contribution in [0.25, 0.3) is 0 Å². The van der Waals surface area contributed by atoms with Crippen LogP contribution in [0.1, 0.15) is 21.5 Å². The van der Waals surface area contributed by atoms with E-state index in [2.05, 4.69) is 10.5 Å². The fourth-order valence-electron chi connectivity index (χ4n) is 2.30. The van der Waals surface area contributed by atoms with Crippen molar-refractivity contribution in [2.75, 3.05) is 5.73 Å². The maximum atomic E-state index is 12.0. The number of amides is 1. The second-order valence-electron chi connectivity index (χ2n) is 5.81. The van der Waals surface area contributed by atoms with Crippen molar-refractivity contribution in [2.24, 2.45) is 5.10 Å². The van der Waals surface area contributed by atoms with Crippen LogP contribution < -0.4 is 15.9 Å². The number of nitrogen functional groups attached to an aromatic ring is 1. The smallest absolute Gasteiger partial charge is 0.271 e. The molecule has 0 radical (unpaired) electrons. The summed E-state index contributed by atoms with van der Waals surface area (Å²) in [7, 11) is 0. The molecule has 0 bridgehead atoms. The largest absolute Gasteiger partial charge is 0.489 e. The van der Waals surface area contributed by atoms with Crippen molar-refractivity contribution in [3.63, 3.8) is 0 Å². The SMILES string of the molecule is Nc1ccc(C(=O)N/N=C\c2cccc(OCc3ccc(Cl)cc3)c2)cc1. The number of nitrogens with one attached hydrogen (secondary N) is 1. The maximum absolute atomic E-state index is 12.0. The molecule has 0 aromatic heterocycles. The number of nitrogens with two attached hydrogens (primary N) is 1. The van der Waals surface area contributed by atoms with Crippen LogP contribution in [-0.4, -0.2) is 12.1 Å². The van der Waals surface area contributed by atoms with Gasteiger partial charge in [-0.15, -0.1) is 0 Å². The molecule has 5 nitrogen and oxygen atoms in total. The van der Waals surface area contributed by atoms with Crippen LogP contribution in [0.15, 0.2) is 77.9 Å². The molecule has 6 heteroatoms. The molecule has 1 amide bonds. The van der Waals surface area contributed by atoms with E-state index < -0.39 is 0 Å². The highest BCUT2D eigenvalue weighted by atomic mass is 35.5. The molecule has 0 spiro atoms. The lowest BCUT2D eigenvalue weighted by Gasteiger charge is -2.07. The predicted octanol–water partition coefficient (Wildman–Crippen LogP) is 4.27. The van der Waals surface area contributed by atoms with Crippen LogP contribution >= 0.6 is 11.6 Å². The zero-order valence-corrected chi connectivity index (χ0v) is 15.2. The minimum Gasteiger partial charge on any atom is -0.489 e. The summed E-state index contributed by atoms with van der Waals surface area (Å²) in [6.07, 6.45) is 1.56. The summed E-state index contributed by atoms with van der Waals surface area (Å²) in [5, 5.41) is 4.68. The highest BCUT2D eigenvalue weighted by Gasteiger charge is 2.03. The monoisotopic (exact) mass is 379 g/mol. The van der Waals surface area contributed by atoms with Crippen molar-refractivity contribution in [1.82, 2.24) is 5.43 Å². The summed E-state index contributed by atoms with van der Waals surface area (Å²) >= 11 is 5.88. The van der Waals surface area contributed by atoms with E-state index in [4.69, 9.17) is 22.1 Å². The highest BCUT2D eigenvalue weighted by molar-refractivity contribution is 6.30. The van der Waals surface area contributed by atoms with Crippen molar-refractivity contribution < 1.29 is 9.53 Å². The van der Waals surface area contributed by atoms with Crippen molar-refractivity contribution in [1.29, 1.82) is 0 Å². The van der Waals surface area contributed by atoms with E-state index in [1.54, 1.807) is 30.5 Å². The number of ether oxygens (including phenoxy) is 1. The Bertz CT molecular complexity index is 938. The third-order valence-electron chi connectivity index (χ3n) is 3.73. The van der Waals surface area contributed by atoms with Crippen molar-refractivity contribution in [3.8, 4) is 5.75 Å². The molecule has 0 heterocycles. The Morgan fingerprint density at radius 1 is 1.07 bits per heavy atom. The van der Waals surface area contributed by atoms with E-state index in [0.717, 1.165) is 11.1 Å². The average molecular weight is 380 g/mol. The molecule has 136 valence electrons. The zero-order chi connectivity index (χ0) is 19.1. The van der Waals surface area contributed by atoms with E-state index in [0.29, 0.717) is 28.6 Å². The van der Waals surface area contributed by atoms with Gasteiger partial charge in [0.2, 0.25) is 0 Å². The molecule has 3 aromatic rings. The molecule has 3 rings (SSSR count). The second kappa shape index (κ2) is 8.87. The molecule has 0 saturated heterocycles. The van der Waals surface area contributed by atoms with Gasteiger partial charge in [0, 0.05) is 16.3 Å². The normalized spacial score (nSPS) is 10.7. The average Bonchev–Trinajstić information content (AvgIpc) is 2.68. The number of carbonyl (C=O) groups excluding carboxylic acids is 1. The lowest BCUT2D eigenvalue weighted by atomic mass is 10.2. The molecular weight excluding hydrogens is 362 g/mol. The quantitative estimate of drug-likeness (QED) is 0.381. The third kappa shape index (κ3) is 5.59. The summed E-state index contributed by atoms with van der Waals surface area (Å²) < 4.78 is 5.78. The summed E-state index contributed by atoms with van der Waals surface area (Å²) in [4.78, 5) is 12.0. The Hall–Kier alpha value is -3.31. The molecule has 0 atom stereocenters. The van der Waals surface area contributed by atoms with Crippen LogP contribution in [-0.2, 0) is 6.61 Å². The van der Waals surface area contributed by atoms with E-state index in [-0.39, 0.29) is 5.91 Å². The summed E-state index contributed by atoms with van der Waals surface area (Å²) in [6, 6.07) is 21.5. The number of anilines is 1. The van der Waals surface area contributed by atoms with E-state index in [1.165, 1.54) is 0 Å². The van der Waals surface area contributed by atoms with Gasteiger partial charge in [0.25, 0.3) is 5.91 Å². The number of hydrogen-bond donors (Lipinski definition) is 2. The standard InChI is InChI=1S/C21H18ClN3O2/c22-18-8-4-15(5-9-18)14-27-20-3-1-2-16(12-20)13-24-25-21(26)17-6-10-19(23)11-7-17/h1-13H,14,23H2,(H,25,26)/b24-13-. The lowest BCUT2D eigenvalue weighted by molar-refractivity contribution is 0.0955. The van der Waals surface area contributed by atoms with Crippen molar-refractivity contribution >= 4 is 29.4 Å². The number of carbonyl (C=O) groups is 1. The molecule has 0 saturated carbocycles. The first-order chi connectivity index (χ1) is 13.1. The van der Waals surface area contributed by atoms with E-state index in [9.17, 15) is 4.79 Å².